The lowest BCUT2D eigenvalue weighted by molar-refractivity contribution is 0.442. The molecule has 0 N–H and O–H groups in total. The van der Waals surface area contributed by atoms with Crippen LogP contribution in [0.2, 0.25) is 0 Å². The van der Waals surface area contributed by atoms with Crippen LogP contribution in [0.25, 0.3) is 67.5 Å². The van der Waals surface area contributed by atoms with Crippen molar-refractivity contribution in [3.63, 3.8) is 0 Å². The van der Waals surface area contributed by atoms with Gasteiger partial charge in [0.15, 0.2) is 17.5 Å². The van der Waals surface area contributed by atoms with E-state index in [1.54, 1.807) is 0 Å². The Morgan fingerprint density at radius 1 is 0.370 bits per heavy atom. The maximum absolute atomic E-state index is 6.98. The first-order valence-electron chi connectivity index (χ1n) is 18.1. The first-order valence-corrected chi connectivity index (χ1v) is 18.1. The van der Waals surface area contributed by atoms with Gasteiger partial charge in [-0.3, -0.25) is 0 Å². The second kappa shape index (κ2) is 11.9. The van der Waals surface area contributed by atoms with E-state index in [0.717, 1.165) is 55.8 Å². The number of aromatic nitrogens is 4. The van der Waals surface area contributed by atoms with Crippen molar-refractivity contribution in [1.29, 1.82) is 0 Å². The Hall–Kier alpha value is -7.24. The molecule has 7 aromatic carbocycles. The zero-order chi connectivity index (χ0) is 35.6. The summed E-state index contributed by atoms with van der Waals surface area (Å²) in [5, 5.41) is 2.23. The molecule has 2 aromatic heterocycles. The molecule has 0 amide bonds. The van der Waals surface area contributed by atoms with Crippen molar-refractivity contribution in [1.82, 2.24) is 19.9 Å². The number of rotatable bonds is 4. The molecule has 0 saturated heterocycles. The van der Waals surface area contributed by atoms with Gasteiger partial charge in [-0.05, 0) is 58.0 Å². The van der Waals surface area contributed by atoms with Gasteiger partial charge in [-0.15, -0.1) is 0 Å². The van der Waals surface area contributed by atoms with Crippen molar-refractivity contribution in [2.45, 2.75) is 5.41 Å². The van der Waals surface area contributed by atoms with Crippen LogP contribution >= 0.6 is 0 Å². The van der Waals surface area contributed by atoms with Crippen LogP contribution in [0.15, 0.2) is 182 Å². The van der Waals surface area contributed by atoms with Gasteiger partial charge in [-0.1, -0.05) is 152 Å². The van der Waals surface area contributed by atoms with Crippen molar-refractivity contribution < 1.29 is 4.74 Å². The van der Waals surface area contributed by atoms with Crippen LogP contribution in [0.3, 0.4) is 0 Å². The summed E-state index contributed by atoms with van der Waals surface area (Å²) in [5.41, 5.74) is 10.8. The number of benzene rings is 7. The van der Waals surface area contributed by atoms with Crippen LogP contribution in [0.5, 0.6) is 11.5 Å². The molecule has 0 unspecified atom stereocenters. The van der Waals surface area contributed by atoms with Crippen molar-refractivity contribution in [2.75, 3.05) is 0 Å². The Labute approximate surface area is 312 Å². The molecule has 0 radical (unpaired) electrons. The average Bonchev–Trinajstić information content (AvgIpc) is 3.54. The fraction of sp³-hybridized carbons (Fsp3) is 0.0204. The fourth-order valence-electron chi connectivity index (χ4n) is 8.43. The summed E-state index contributed by atoms with van der Waals surface area (Å²) >= 11 is 0. The van der Waals surface area contributed by atoms with Crippen molar-refractivity contribution in [3.05, 3.63) is 204 Å². The van der Waals surface area contributed by atoms with Crippen LogP contribution in [0, 0.1) is 0 Å². The van der Waals surface area contributed by atoms with Gasteiger partial charge in [0.05, 0.1) is 11.1 Å². The topological polar surface area (TPSA) is 60.8 Å². The molecule has 0 bridgehead atoms. The van der Waals surface area contributed by atoms with Crippen molar-refractivity contribution in [2.24, 2.45) is 0 Å². The summed E-state index contributed by atoms with van der Waals surface area (Å²) in [6.07, 6.45) is 0. The molecule has 0 saturated carbocycles. The van der Waals surface area contributed by atoms with E-state index in [1.165, 1.54) is 22.3 Å². The first-order chi connectivity index (χ1) is 26.8. The van der Waals surface area contributed by atoms with E-state index < -0.39 is 5.41 Å². The fourth-order valence-corrected chi connectivity index (χ4v) is 8.43. The number of fused-ring (bicyclic) bond motifs is 11. The normalized spacial score (nSPS) is 13.1. The standard InChI is InChI=1S/C49H30N4O/c1-3-15-32(16-4-1)42-24-13-25-43(50-42)48-52-46(33-17-5-2-6-18-33)51-47(53-48)34-27-29-44-41(30-34)49(40-28-26-31-14-7-8-19-35(31)45(40)54-44)38-22-11-9-20-36(38)37-21-10-12-23-39(37)49/h1-30H. The third-order valence-corrected chi connectivity index (χ3v) is 10.8. The van der Waals surface area contributed by atoms with E-state index in [9.17, 15) is 0 Å². The van der Waals surface area contributed by atoms with E-state index in [-0.39, 0.29) is 0 Å². The van der Waals surface area contributed by atoms with Gasteiger partial charge < -0.3 is 4.74 Å². The highest BCUT2D eigenvalue weighted by molar-refractivity contribution is 5.96. The van der Waals surface area contributed by atoms with Gasteiger partial charge >= 0.3 is 0 Å². The minimum Gasteiger partial charge on any atom is -0.456 e. The summed E-state index contributed by atoms with van der Waals surface area (Å²) in [6, 6.07) is 63.1. The Morgan fingerprint density at radius 3 is 1.74 bits per heavy atom. The molecule has 2 aliphatic rings. The van der Waals surface area contributed by atoms with Gasteiger partial charge in [0, 0.05) is 33.2 Å². The maximum Gasteiger partial charge on any atom is 0.182 e. The van der Waals surface area contributed by atoms with Crippen LogP contribution in [-0.2, 0) is 5.41 Å². The molecule has 5 heteroatoms. The predicted molar refractivity (Wildman–Crippen MR) is 214 cm³/mol. The molecule has 1 aliphatic heterocycles. The maximum atomic E-state index is 6.98. The lowest BCUT2D eigenvalue weighted by atomic mass is 9.65. The lowest BCUT2D eigenvalue weighted by Gasteiger charge is -2.40. The molecule has 3 heterocycles. The van der Waals surface area contributed by atoms with E-state index in [1.807, 2.05) is 66.7 Å². The van der Waals surface area contributed by atoms with Crippen LogP contribution in [0.1, 0.15) is 22.3 Å². The molecule has 5 nitrogen and oxygen atoms in total. The quantitative estimate of drug-likeness (QED) is 0.184. The second-order valence-electron chi connectivity index (χ2n) is 13.8. The number of nitrogens with zero attached hydrogens (tertiary/aromatic N) is 4. The third-order valence-electron chi connectivity index (χ3n) is 10.8. The molecule has 0 fully saturated rings. The SMILES string of the molecule is c1ccc(-c2cccc(-c3nc(-c4ccccc4)nc(-c4ccc5c(c4)C4(c6ccccc6-c6ccccc64)c4ccc6ccccc6c4O5)n3)n2)cc1. The Balaban J connectivity index is 1.16. The van der Waals surface area contributed by atoms with Gasteiger partial charge in [0.2, 0.25) is 0 Å². The smallest absolute Gasteiger partial charge is 0.182 e. The van der Waals surface area contributed by atoms with Crippen molar-refractivity contribution in [3.8, 4) is 68.2 Å². The predicted octanol–water partition coefficient (Wildman–Crippen LogP) is 11.6. The highest BCUT2D eigenvalue weighted by Gasteiger charge is 2.51. The largest absolute Gasteiger partial charge is 0.456 e. The summed E-state index contributed by atoms with van der Waals surface area (Å²) < 4.78 is 6.98. The van der Waals surface area contributed by atoms with Crippen LogP contribution in [-0.4, -0.2) is 19.9 Å². The van der Waals surface area contributed by atoms with Gasteiger partial charge in [0.25, 0.3) is 0 Å². The summed E-state index contributed by atoms with van der Waals surface area (Å²) in [6.45, 7) is 0. The zero-order valence-corrected chi connectivity index (χ0v) is 29.0. The Bertz CT molecular complexity index is 2880. The molecule has 9 aromatic rings. The number of ether oxygens (including phenoxy) is 1. The second-order valence-corrected chi connectivity index (χ2v) is 13.8. The number of hydrogen-bond donors (Lipinski definition) is 0. The molecule has 1 spiro atoms. The van der Waals surface area contributed by atoms with Crippen LogP contribution < -0.4 is 4.74 Å². The third kappa shape index (κ3) is 4.52. The van der Waals surface area contributed by atoms with Gasteiger partial charge in [0.1, 0.15) is 17.2 Å². The van der Waals surface area contributed by atoms with Gasteiger partial charge in [-0.25, -0.2) is 19.9 Å². The lowest BCUT2D eigenvalue weighted by Crippen LogP contribution is -2.32. The summed E-state index contributed by atoms with van der Waals surface area (Å²) in [5.74, 6) is 3.35. The monoisotopic (exact) mass is 690 g/mol. The minimum atomic E-state index is -0.639. The van der Waals surface area contributed by atoms with Crippen molar-refractivity contribution >= 4 is 10.8 Å². The van der Waals surface area contributed by atoms with Crippen LogP contribution in [0.4, 0.5) is 0 Å². The average molecular weight is 691 g/mol. The molecule has 54 heavy (non-hydrogen) atoms. The molecular formula is C49H30N4O. The Kier molecular flexibility index (Phi) is 6.70. The van der Waals surface area contributed by atoms with E-state index in [0.29, 0.717) is 23.2 Å². The van der Waals surface area contributed by atoms with E-state index in [4.69, 9.17) is 24.7 Å². The molecule has 252 valence electrons. The number of pyridine rings is 1. The minimum absolute atomic E-state index is 0.508. The molecular weight excluding hydrogens is 661 g/mol. The van der Waals surface area contributed by atoms with E-state index >= 15 is 0 Å². The molecule has 0 atom stereocenters. The first kappa shape index (κ1) is 30.4. The van der Waals surface area contributed by atoms with E-state index in [2.05, 4.69) is 115 Å². The summed E-state index contributed by atoms with van der Waals surface area (Å²) in [7, 11) is 0. The molecule has 1 aliphatic carbocycles. The number of hydrogen-bond acceptors (Lipinski definition) is 5. The van der Waals surface area contributed by atoms with Gasteiger partial charge in [-0.2, -0.15) is 0 Å². The molecule has 11 rings (SSSR count). The zero-order valence-electron chi connectivity index (χ0n) is 29.0. The highest BCUT2D eigenvalue weighted by Crippen LogP contribution is 2.63. The Morgan fingerprint density at radius 2 is 0.981 bits per heavy atom. The highest BCUT2D eigenvalue weighted by atomic mass is 16.5. The summed E-state index contributed by atoms with van der Waals surface area (Å²) in [4.78, 5) is 20.3.